The van der Waals surface area contributed by atoms with Crippen LogP contribution in [0.4, 0.5) is 9.59 Å². The number of hydrogen-bond acceptors (Lipinski definition) is 10. The summed E-state index contributed by atoms with van der Waals surface area (Å²) in [4.78, 5) is 72.3. The number of H-pyrrole nitrogens is 2. The number of alkyl carbamates (subject to hydrolysis) is 2. The molecule has 0 saturated carbocycles. The minimum absolute atomic E-state index is 0.110. The normalized spacial score (nSPS) is 17.3. The Morgan fingerprint density at radius 2 is 1.33 bits per heavy atom. The number of amides is 4. The summed E-state index contributed by atoms with van der Waals surface area (Å²) in [5, 5.41) is 9.88. The number of carbonyl (C=O) groups is 4. The molecule has 0 radical (unpaired) electrons. The van der Waals surface area contributed by atoms with Crippen LogP contribution in [0.3, 0.4) is 0 Å². The van der Waals surface area contributed by atoms with Gasteiger partial charge in [-0.3, -0.25) is 9.59 Å². The number of aromatic nitrogens is 4. The van der Waals surface area contributed by atoms with Crippen molar-refractivity contribution in [2.75, 3.05) is 27.3 Å². The van der Waals surface area contributed by atoms with Gasteiger partial charge < -0.3 is 39.9 Å². The summed E-state index contributed by atoms with van der Waals surface area (Å²) in [6.45, 7) is 4.97. The van der Waals surface area contributed by atoms with E-state index in [-0.39, 0.29) is 29.8 Å². The predicted octanol–water partition coefficient (Wildman–Crippen LogP) is 9.37. The van der Waals surface area contributed by atoms with Crippen LogP contribution in [0.1, 0.15) is 74.9 Å². The number of likely N-dealkylation sites (tertiary alicyclic amines) is 2. The van der Waals surface area contributed by atoms with Crippen LogP contribution in [0.2, 0.25) is 0 Å². The van der Waals surface area contributed by atoms with Crippen LogP contribution in [0, 0.1) is 5.92 Å². The topological polar surface area (TPSA) is 175 Å². The number of fused-ring (bicyclic) bond motifs is 2. The third-order valence-electron chi connectivity index (χ3n) is 12.1. The number of aromatic amines is 2. The van der Waals surface area contributed by atoms with Crippen LogP contribution in [-0.2, 0) is 19.1 Å². The predicted molar refractivity (Wildman–Crippen MR) is 244 cm³/mol. The highest BCUT2D eigenvalue weighted by Gasteiger charge is 2.39. The molecule has 7 aromatic rings. The number of thiophene rings is 2. The lowest BCUT2D eigenvalue weighted by molar-refractivity contribution is -0.135. The third-order valence-corrected chi connectivity index (χ3v) is 14.3. The second-order valence-corrected chi connectivity index (χ2v) is 18.0. The van der Waals surface area contributed by atoms with E-state index in [1.165, 1.54) is 29.2 Å². The summed E-state index contributed by atoms with van der Waals surface area (Å²) >= 11 is 3.46. The maximum absolute atomic E-state index is 14.0. The van der Waals surface area contributed by atoms with Crippen molar-refractivity contribution in [1.82, 2.24) is 40.4 Å². The summed E-state index contributed by atoms with van der Waals surface area (Å²) in [5.41, 5.74) is 8.80. The molecule has 0 spiro atoms. The van der Waals surface area contributed by atoms with Gasteiger partial charge in [-0.25, -0.2) is 19.6 Å². The molecule has 16 heteroatoms. The first-order valence-electron chi connectivity index (χ1n) is 21.1. The van der Waals surface area contributed by atoms with E-state index in [1.807, 2.05) is 61.3 Å². The van der Waals surface area contributed by atoms with Gasteiger partial charge in [-0.15, -0.1) is 22.7 Å². The van der Waals surface area contributed by atoms with Gasteiger partial charge in [-0.1, -0.05) is 74.5 Å². The largest absolute Gasteiger partial charge is 0.453 e. The number of methoxy groups -OCH3 is 2. The molecule has 14 nitrogen and oxygen atoms in total. The van der Waals surface area contributed by atoms with Crippen molar-refractivity contribution in [3.63, 3.8) is 0 Å². The molecule has 2 fully saturated rings. The minimum atomic E-state index is -0.880. The number of nitrogens with one attached hydrogen (secondary N) is 4. The molecule has 2 aliphatic rings. The zero-order valence-electron chi connectivity index (χ0n) is 35.3. The summed E-state index contributed by atoms with van der Waals surface area (Å²) in [6, 6.07) is 21.9. The van der Waals surface area contributed by atoms with Crippen LogP contribution in [0.25, 0.3) is 53.9 Å². The molecule has 6 heterocycles. The van der Waals surface area contributed by atoms with Crippen molar-refractivity contribution < 1.29 is 28.7 Å². The van der Waals surface area contributed by atoms with E-state index in [2.05, 4.69) is 67.8 Å². The van der Waals surface area contributed by atoms with Gasteiger partial charge in [0.2, 0.25) is 5.91 Å². The highest BCUT2D eigenvalue weighted by Crippen LogP contribution is 2.45. The van der Waals surface area contributed by atoms with Gasteiger partial charge in [0.25, 0.3) is 5.91 Å². The van der Waals surface area contributed by atoms with E-state index in [0.717, 1.165) is 70.5 Å². The molecule has 9 rings (SSSR count). The van der Waals surface area contributed by atoms with E-state index >= 15 is 0 Å². The number of imidazole rings is 2. The maximum atomic E-state index is 14.0. The van der Waals surface area contributed by atoms with E-state index in [4.69, 9.17) is 19.4 Å². The molecule has 0 bridgehead atoms. The first-order valence-corrected chi connectivity index (χ1v) is 22.9. The SMILES string of the molecule is COC(=O)NC(C(=O)N1CCCC1c1ncc(-c2ccc(-c3csc4c(-c5ccc6nc(C7CCCN7C(=O)[C@@H](NC(=O)OC)C(C)C)[nH]c6c5)csc34)cc2)[nH]1)c1ccccc1. The minimum Gasteiger partial charge on any atom is -0.453 e. The number of rotatable bonds is 11. The molecule has 4 amide bonds. The molecule has 4 aromatic heterocycles. The Morgan fingerprint density at radius 1 is 0.730 bits per heavy atom. The number of nitrogens with zero attached hydrogens (tertiary/aromatic N) is 4. The summed E-state index contributed by atoms with van der Waals surface area (Å²) in [7, 11) is 2.58. The van der Waals surface area contributed by atoms with E-state index < -0.39 is 24.3 Å². The molecule has 3 aromatic carbocycles. The van der Waals surface area contributed by atoms with Gasteiger partial charge in [0, 0.05) is 35.0 Å². The fraction of sp³-hybridized carbons (Fsp3) is 0.319. The molecular formula is C47H48N8O6S2. The van der Waals surface area contributed by atoms with Gasteiger partial charge in [-0.05, 0) is 66.0 Å². The molecule has 4 N–H and O–H groups in total. The van der Waals surface area contributed by atoms with Crippen molar-refractivity contribution >= 4 is 67.1 Å². The first-order chi connectivity index (χ1) is 30.6. The molecular weight excluding hydrogens is 837 g/mol. The van der Waals surface area contributed by atoms with E-state index in [1.54, 1.807) is 27.6 Å². The van der Waals surface area contributed by atoms with Crippen molar-refractivity contribution in [2.24, 2.45) is 5.92 Å². The molecule has 2 aliphatic heterocycles. The zero-order valence-corrected chi connectivity index (χ0v) is 37.0. The fourth-order valence-corrected chi connectivity index (χ4v) is 11.3. The highest BCUT2D eigenvalue weighted by atomic mass is 32.1. The second kappa shape index (κ2) is 17.7. The first kappa shape index (κ1) is 41.8. The van der Waals surface area contributed by atoms with Crippen molar-refractivity contribution in [1.29, 1.82) is 0 Å². The second-order valence-electron chi connectivity index (χ2n) is 16.3. The van der Waals surface area contributed by atoms with Gasteiger partial charge in [0.15, 0.2) is 0 Å². The Labute approximate surface area is 372 Å². The maximum Gasteiger partial charge on any atom is 0.407 e. The molecule has 2 saturated heterocycles. The van der Waals surface area contributed by atoms with Crippen LogP contribution in [-0.4, -0.2) is 87.1 Å². The Morgan fingerprint density at radius 3 is 2.00 bits per heavy atom. The van der Waals surface area contributed by atoms with Gasteiger partial charge >= 0.3 is 12.2 Å². The molecule has 63 heavy (non-hydrogen) atoms. The Kier molecular flexibility index (Phi) is 11.7. The Balaban J connectivity index is 0.905. The number of hydrogen-bond donors (Lipinski definition) is 4. The standard InChI is InChI=1S/C47H48N8O6S2/c1-26(2)38(52-46(58)60-3)44(56)55-21-9-13-37(55)43-49-33-19-18-30(22-34(33)50-43)32-25-63-40-31(24-62-41(32)40)27-14-16-28(17-15-27)35-23-48-42(51-35)36-12-8-20-54(36)45(57)39(53-47(59)61-4)29-10-6-5-7-11-29/h5-7,10-11,14-19,22-26,36-39H,8-9,12-13,20-21H2,1-4H3,(H,48,51)(H,49,50)(H,52,58)(H,53,59)/t36?,37?,38-,39?/m0/s1. The fourth-order valence-electron chi connectivity index (χ4n) is 8.84. The zero-order chi connectivity index (χ0) is 43.8. The lowest BCUT2D eigenvalue weighted by atomic mass is 10.0. The van der Waals surface area contributed by atoms with Gasteiger partial charge in [0.1, 0.15) is 23.7 Å². The van der Waals surface area contributed by atoms with Crippen LogP contribution < -0.4 is 10.6 Å². The lowest BCUT2D eigenvalue weighted by Crippen LogP contribution is -2.51. The van der Waals surface area contributed by atoms with Crippen LogP contribution >= 0.6 is 22.7 Å². The van der Waals surface area contributed by atoms with E-state index in [0.29, 0.717) is 24.5 Å². The lowest BCUT2D eigenvalue weighted by Gasteiger charge is -2.29. The quantitative estimate of drug-likeness (QED) is 0.0994. The van der Waals surface area contributed by atoms with Gasteiger partial charge in [0.05, 0.1) is 58.6 Å². The van der Waals surface area contributed by atoms with Crippen molar-refractivity contribution in [3.05, 3.63) is 107 Å². The molecule has 4 atom stereocenters. The summed E-state index contributed by atoms with van der Waals surface area (Å²) < 4.78 is 12.1. The smallest absolute Gasteiger partial charge is 0.407 e. The number of benzene rings is 3. The average molecular weight is 885 g/mol. The Bertz CT molecular complexity index is 2790. The third kappa shape index (κ3) is 8.16. The summed E-state index contributed by atoms with van der Waals surface area (Å²) in [6.07, 6.45) is 3.73. The van der Waals surface area contributed by atoms with E-state index in [9.17, 15) is 19.2 Å². The van der Waals surface area contributed by atoms with Crippen LogP contribution in [0.15, 0.2) is 89.8 Å². The molecule has 0 aliphatic carbocycles. The summed E-state index contributed by atoms with van der Waals surface area (Å²) in [5.74, 6) is 1.00. The van der Waals surface area contributed by atoms with Crippen LogP contribution in [0.5, 0.6) is 0 Å². The molecule has 324 valence electrons. The van der Waals surface area contributed by atoms with Gasteiger partial charge in [-0.2, -0.15) is 0 Å². The average Bonchev–Trinajstić information content (AvgIpc) is 4.17. The molecule has 3 unspecified atom stereocenters. The number of ether oxygens (including phenoxy) is 2. The number of carbonyl (C=O) groups excluding carboxylic acids is 4. The monoisotopic (exact) mass is 884 g/mol. The highest BCUT2D eigenvalue weighted by molar-refractivity contribution is 7.27. The Hall–Kier alpha value is -6.52. The van der Waals surface area contributed by atoms with Crippen molar-refractivity contribution in [2.45, 2.75) is 63.7 Å². The van der Waals surface area contributed by atoms with Crippen molar-refractivity contribution in [3.8, 4) is 33.5 Å².